The number of rotatable bonds is 8. The predicted octanol–water partition coefficient (Wildman–Crippen LogP) is 3.47. The maximum absolute atomic E-state index is 6.38. The third-order valence-corrected chi connectivity index (χ3v) is 10.6. The Labute approximate surface area is 189 Å². The van der Waals surface area contributed by atoms with Gasteiger partial charge in [-0.1, -0.05) is 20.8 Å². The lowest BCUT2D eigenvalue weighted by Crippen LogP contribution is -2.40. The molecule has 2 aromatic rings. The summed E-state index contributed by atoms with van der Waals surface area (Å²) in [5.41, 5.74) is 1.48. The number of amidine groups is 1. The molecule has 0 bridgehead atoms. The zero-order valence-electron chi connectivity index (χ0n) is 19.4. The number of nitrogens with two attached hydrogens (primary N) is 1. The van der Waals surface area contributed by atoms with Gasteiger partial charge in [0.05, 0.1) is 12.3 Å². The lowest BCUT2D eigenvalue weighted by molar-refractivity contribution is 0.129. The van der Waals surface area contributed by atoms with Crippen molar-refractivity contribution < 1.29 is 9.16 Å². The summed E-state index contributed by atoms with van der Waals surface area (Å²) >= 11 is 1.50. The zero-order valence-corrected chi connectivity index (χ0v) is 21.2. The van der Waals surface area contributed by atoms with Crippen LogP contribution in [0.1, 0.15) is 32.0 Å². The number of nitrogens with zero attached hydrogens (tertiary/aromatic N) is 6. The molecule has 0 saturated heterocycles. The van der Waals surface area contributed by atoms with E-state index in [0.29, 0.717) is 25.0 Å². The van der Waals surface area contributed by atoms with Crippen LogP contribution in [-0.2, 0) is 22.5 Å². The normalized spacial score (nSPS) is 13.5. The van der Waals surface area contributed by atoms with E-state index in [-0.39, 0.29) is 5.04 Å². The Morgan fingerprint density at radius 2 is 2.06 bits per heavy atom. The van der Waals surface area contributed by atoms with Crippen molar-refractivity contribution in [2.24, 2.45) is 21.0 Å². The van der Waals surface area contributed by atoms with Crippen molar-refractivity contribution in [3.8, 4) is 0 Å². The number of pyridine rings is 1. The first-order chi connectivity index (χ1) is 14.5. The smallest absolute Gasteiger partial charge is 0.193 e. The molecule has 170 valence electrons. The zero-order chi connectivity index (χ0) is 23.2. The van der Waals surface area contributed by atoms with Gasteiger partial charge >= 0.3 is 0 Å². The van der Waals surface area contributed by atoms with Gasteiger partial charge in [0.1, 0.15) is 6.73 Å². The molecule has 0 saturated carbocycles. The molecule has 9 nitrogen and oxygen atoms in total. The van der Waals surface area contributed by atoms with Crippen LogP contribution in [0.2, 0.25) is 18.1 Å². The third-order valence-electron chi connectivity index (χ3n) is 5.29. The topological polar surface area (TPSA) is 103 Å². The summed E-state index contributed by atoms with van der Waals surface area (Å²) < 4.78 is 13.5. The van der Waals surface area contributed by atoms with Gasteiger partial charge in [-0.25, -0.2) is 15.0 Å². The number of hydrogen-bond acceptors (Lipinski definition) is 8. The maximum atomic E-state index is 6.38. The molecule has 11 heteroatoms. The second-order valence-corrected chi connectivity index (χ2v) is 14.2. The van der Waals surface area contributed by atoms with E-state index in [1.54, 1.807) is 14.2 Å². The van der Waals surface area contributed by atoms with Gasteiger partial charge in [0.15, 0.2) is 24.8 Å². The number of aromatic nitrogens is 2. The Kier molecular flexibility index (Phi) is 8.29. The minimum atomic E-state index is -1.95. The second-order valence-electron chi connectivity index (χ2n) is 8.56. The van der Waals surface area contributed by atoms with Gasteiger partial charge in [0.2, 0.25) is 0 Å². The van der Waals surface area contributed by atoms with Crippen LogP contribution in [0.4, 0.5) is 5.82 Å². The van der Waals surface area contributed by atoms with Crippen LogP contribution < -0.4 is 10.6 Å². The van der Waals surface area contributed by atoms with Gasteiger partial charge < -0.3 is 15.0 Å². The van der Waals surface area contributed by atoms with E-state index in [9.17, 15) is 0 Å². The van der Waals surface area contributed by atoms with Crippen molar-refractivity contribution in [2.45, 2.75) is 52.2 Å². The SMILES string of the molecule is C=NN(C)/C(=N\N)c1cc(CO[Si](C)(C)C(C)(C)C)nc(N=c2sccn2COC)c1. The van der Waals surface area contributed by atoms with E-state index >= 15 is 0 Å². The quantitative estimate of drug-likeness (QED) is 0.212. The Hall–Kier alpha value is -2.34. The van der Waals surface area contributed by atoms with Crippen LogP contribution in [0.5, 0.6) is 0 Å². The molecular formula is C20H33N7O2SSi. The molecule has 0 aliphatic rings. The van der Waals surface area contributed by atoms with E-state index in [2.05, 4.69) is 50.8 Å². The largest absolute Gasteiger partial charge is 0.411 e. The summed E-state index contributed by atoms with van der Waals surface area (Å²) in [6, 6.07) is 3.72. The standard InChI is InChI=1S/C20H33N7O2SSi/c1-20(2,3)31(7,8)29-13-16-11-15(18(25-21)26(5)22-4)12-17(23-16)24-19-27(14-28-6)9-10-30-19/h9-12H,4,13-14,21H2,1-3,5-8H3/b24-19?,25-18-. The molecule has 0 radical (unpaired) electrons. The van der Waals surface area contributed by atoms with E-state index in [4.69, 9.17) is 25.0 Å². The molecule has 0 aliphatic heterocycles. The van der Waals surface area contributed by atoms with Crippen molar-refractivity contribution in [3.05, 3.63) is 39.8 Å². The molecule has 2 rings (SSSR count). The molecule has 2 N–H and O–H groups in total. The highest BCUT2D eigenvalue weighted by Gasteiger charge is 2.37. The molecule has 0 atom stereocenters. The molecule has 2 aromatic heterocycles. The highest BCUT2D eigenvalue weighted by atomic mass is 32.1. The van der Waals surface area contributed by atoms with Crippen LogP contribution in [0.15, 0.2) is 38.9 Å². The van der Waals surface area contributed by atoms with Gasteiger partial charge in [-0.2, -0.15) is 10.2 Å². The van der Waals surface area contributed by atoms with Crippen molar-refractivity contribution in [1.29, 1.82) is 0 Å². The molecule has 0 unspecified atom stereocenters. The van der Waals surface area contributed by atoms with Gasteiger partial charge in [-0.3, -0.25) is 4.57 Å². The highest BCUT2D eigenvalue weighted by molar-refractivity contribution is 7.07. The molecule has 0 spiro atoms. The summed E-state index contributed by atoms with van der Waals surface area (Å²) in [5.74, 6) is 6.63. The molecule has 0 aliphatic carbocycles. The van der Waals surface area contributed by atoms with Gasteiger partial charge in [0, 0.05) is 38.0 Å². The van der Waals surface area contributed by atoms with Crippen LogP contribution >= 0.6 is 11.3 Å². The molecule has 0 fully saturated rings. The van der Waals surface area contributed by atoms with E-state index < -0.39 is 8.32 Å². The molecule has 31 heavy (non-hydrogen) atoms. The number of methoxy groups -OCH3 is 1. The van der Waals surface area contributed by atoms with E-state index in [1.165, 1.54) is 16.3 Å². The highest BCUT2D eigenvalue weighted by Crippen LogP contribution is 2.37. The first-order valence-corrected chi connectivity index (χ1v) is 13.6. The third kappa shape index (κ3) is 6.32. The monoisotopic (exact) mass is 463 g/mol. The van der Waals surface area contributed by atoms with E-state index in [0.717, 1.165) is 16.1 Å². The van der Waals surface area contributed by atoms with Crippen LogP contribution in [0.3, 0.4) is 0 Å². The second kappa shape index (κ2) is 10.3. The Balaban J connectivity index is 2.53. The van der Waals surface area contributed by atoms with Crippen LogP contribution in [0.25, 0.3) is 0 Å². The fourth-order valence-corrected chi connectivity index (χ4v) is 4.10. The Morgan fingerprint density at radius 1 is 1.35 bits per heavy atom. The van der Waals surface area contributed by atoms with Crippen LogP contribution in [-0.4, -0.2) is 49.6 Å². The summed E-state index contributed by atoms with van der Waals surface area (Å²) in [5, 5.41) is 11.3. The fourth-order valence-electron chi connectivity index (χ4n) is 2.44. The molecule has 2 heterocycles. The van der Waals surface area contributed by atoms with Crippen molar-refractivity contribution in [2.75, 3.05) is 14.2 Å². The lowest BCUT2D eigenvalue weighted by Gasteiger charge is -2.36. The lowest BCUT2D eigenvalue weighted by atomic mass is 10.2. The van der Waals surface area contributed by atoms with Crippen LogP contribution in [0, 0.1) is 0 Å². The average Bonchev–Trinajstić information content (AvgIpc) is 3.13. The summed E-state index contributed by atoms with van der Waals surface area (Å²) in [6.07, 6.45) is 1.92. The van der Waals surface area contributed by atoms with Gasteiger partial charge in [-0.15, -0.1) is 11.3 Å². The summed E-state index contributed by atoms with van der Waals surface area (Å²) in [4.78, 5) is 10.2. The fraction of sp³-hybridized carbons (Fsp3) is 0.500. The van der Waals surface area contributed by atoms with Crippen molar-refractivity contribution in [3.63, 3.8) is 0 Å². The van der Waals surface area contributed by atoms with Crippen molar-refractivity contribution in [1.82, 2.24) is 14.6 Å². The van der Waals surface area contributed by atoms with Gasteiger partial charge in [0.25, 0.3) is 0 Å². The number of hydrazone groups is 2. The molecule has 0 amide bonds. The Bertz CT molecular complexity index is 992. The van der Waals surface area contributed by atoms with Gasteiger partial charge in [-0.05, 0) is 30.3 Å². The minimum Gasteiger partial charge on any atom is -0.411 e. The minimum absolute atomic E-state index is 0.0946. The predicted molar refractivity (Wildman–Crippen MR) is 129 cm³/mol. The number of hydrogen-bond donors (Lipinski definition) is 1. The Morgan fingerprint density at radius 3 is 2.65 bits per heavy atom. The van der Waals surface area contributed by atoms with Crippen molar-refractivity contribution >= 4 is 38.0 Å². The molecule has 0 aromatic carbocycles. The number of thiazole rings is 1. The summed E-state index contributed by atoms with van der Waals surface area (Å²) in [7, 11) is 1.42. The van der Waals surface area contributed by atoms with E-state index in [1.807, 2.05) is 28.3 Å². The summed E-state index contributed by atoms with van der Waals surface area (Å²) in [6.45, 7) is 15.4. The molecular weight excluding hydrogens is 430 g/mol. The average molecular weight is 464 g/mol. The maximum Gasteiger partial charge on any atom is 0.193 e. The number of ether oxygens (including phenoxy) is 1. The first-order valence-electron chi connectivity index (χ1n) is 9.83. The first kappa shape index (κ1) is 24.9.